The number of nitrogens with two attached hydrogens (primary N) is 1. The molecular formula is C10H7F3N2O. The van der Waals surface area contributed by atoms with Gasteiger partial charge >= 0.3 is 0 Å². The number of nitrogens with zero attached hydrogens (tertiary/aromatic N) is 1. The van der Waals surface area contributed by atoms with Crippen LogP contribution in [0.1, 0.15) is 5.69 Å². The molecule has 1 aromatic carbocycles. The van der Waals surface area contributed by atoms with Crippen LogP contribution in [-0.2, 0) is 6.54 Å². The summed E-state index contributed by atoms with van der Waals surface area (Å²) in [7, 11) is 0. The van der Waals surface area contributed by atoms with Gasteiger partial charge in [-0.25, -0.2) is 18.2 Å². The molecule has 0 unspecified atom stereocenters. The van der Waals surface area contributed by atoms with E-state index < -0.39 is 23.0 Å². The van der Waals surface area contributed by atoms with Crippen molar-refractivity contribution in [2.75, 3.05) is 0 Å². The average Bonchev–Trinajstić information content (AvgIpc) is 2.64. The predicted octanol–water partition coefficient (Wildman–Crippen LogP) is 2.22. The van der Waals surface area contributed by atoms with Crippen molar-refractivity contribution < 1.29 is 17.6 Å². The van der Waals surface area contributed by atoms with Crippen molar-refractivity contribution in [3.63, 3.8) is 0 Å². The smallest absolute Gasteiger partial charge is 0.181 e. The first-order valence-corrected chi connectivity index (χ1v) is 4.41. The molecule has 0 saturated heterocycles. The van der Waals surface area contributed by atoms with Crippen LogP contribution in [0.3, 0.4) is 0 Å². The minimum Gasteiger partial charge on any atom is -0.443 e. The molecular weight excluding hydrogens is 221 g/mol. The van der Waals surface area contributed by atoms with Gasteiger partial charge in [0.05, 0.1) is 5.56 Å². The van der Waals surface area contributed by atoms with Gasteiger partial charge in [-0.05, 0) is 0 Å². The van der Waals surface area contributed by atoms with Gasteiger partial charge in [0.1, 0.15) is 23.1 Å². The topological polar surface area (TPSA) is 52.0 Å². The highest BCUT2D eigenvalue weighted by Crippen LogP contribution is 2.29. The van der Waals surface area contributed by atoms with Gasteiger partial charge in [-0.3, -0.25) is 0 Å². The Morgan fingerprint density at radius 3 is 2.38 bits per heavy atom. The van der Waals surface area contributed by atoms with Gasteiger partial charge in [-0.1, -0.05) is 0 Å². The largest absolute Gasteiger partial charge is 0.443 e. The fourth-order valence-corrected chi connectivity index (χ4v) is 1.38. The minimum absolute atomic E-state index is 0.0257. The standard InChI is InChI=1S/C10H7F3N2O/c11-5-1-6(12)9(7(13)2-5)10-8(3-14)15-4-16-10/h1-2,4H,3,14H2. The molecule has 0 amide bonds. The van der Waals surface area contributed by atoms with E-state index in [1.165, 1.54) is 0 Å². The highest BCUT2D eigenvalue weighted by molar-refractivity contribution is 5.61. The lowest BCUT2D eigenvalue weighted by atomic mass is 10.1. The molecule has 0 aliphatic carbocycles. The first-order chi connectivity index (χ1) is 7.63. The predicted molar refractivity (Wildman–Crippen MR) is 49.7 cm³/mol. The Hall–Kier alpha value is -1.82. The number of rotatable bonds is 2. The molecule has 0 bridgehead atoms. The van der Waals surface area contributed by atoms with Crippen LogP contribution >= 0.6 is 0 Å². The van der Waals surface area contributed by atoms with Gasteiger partial charge in [-0.2, -0.15) is 0 Å². The second-order valence-corrected chi connectivity index (χ2v) is 3.08. The van der Waals surface area contributed by atoms with Crippen LogP contribution in [0.2, 0.25) is 0 Å². The number of aromatic nitrogens is 1. The fourth-order valence-electron chi connectivity index (χ4n) is 1.38. The molecule has 0 spiro atoms. The first-order valence-electron chi connectivity index (χ1n) is 4.41. The molecule has 2 aromatic rings. The van der Waals surface area contributed by atoms with Crippen LogP contribution in [-0.4, -0.2) is 4.98 Å². The Labute approximate surface area is 88.7 Å². The monoisotopic (exact) mass is 228 g/mol. The Bertz CT molecular complexity index is 502. The van der Waals surface area contributed by atoms with E-state index in [4.69, 9.17) is 10.2 Å². The van der Waals surface area contributed by atoms with E-state index in [0.717, 1.165) is 6.39 Å². The third-order valence-corrected chi connectivity index (χ3v) is 2.07. The van der Waals surface area contributed by atoms with Crippen LogP contribution in [0.15, 0.2) is 22.9 Å². The lowest BCUT2D eigenvalue weighted by Crippen LogP contribution is -2.00. The van der Waals surface area contributed by atoms with E-state index in [1.54, 1.807) is 0 Å². The van der Waals surface area contributed by atoms with Crippen molar-refractivity contribution in [3.8, 4) is 11.3 Å². The van der Waals surface area contributed by atoms with Crippen molar-refractivity contribution in [1.29, 1.82) is 0 Å². The SMILES string of the molecule is NCc1ncoc1-c1c(F)cc(F)cc1F. The summed E-state index contributed by atoms with van der Waals surface area (Å²) >= 11 is 0. The Morgan fingerprint density at radius 1 is 1.19 bits per heavy atom. The molecule has 0 fully saturated rings. The van der Waals surface area contributed by atoms with E-state index in [0.29, 0.717) is 12.1 Å². The third kappa shape index (κ3) is 1.67. The van der Waals surface area contributed by atoms with Gasteiger partial charge in [0.2, 0.25) is 0 Å². The number of hydrogen-bond acceptors (Lipinski definition) is 3. The molecule has 6 heteroatoms. The quantitative estimate of drug-likeness (QED) is 0.857. The lowest BCUT2D eigenvalue weighted by Gasteiger charge is -2.03. The summed E-state index contributed by atoms with van der Waals surface area (Å²) in [5, 5.41) is 0. The van der Waals surface area contributed by atoms with Crippen LogP contribution in [0.4, 0.5) is 13.2 Å². The van der Waals surface area contributed by atoms with E-state index in [9.17, 15) is 13.2 Å². The fraction of sp³-hybridized carbons (Fsp3) is 0.100. The van der Waals surface area contributed by atoms with Gasteiger partial charge in [-0.15, -0.1) is 0 Å². The molecule has 0 saturated carbocycles. The number of hydrogen-bond donors (Lipinski definition) is 1. The van der Waals surface area contributed by atoms with E-state index in [1.807, 2.05) is 0 Å². The minimum atomic E-state index is -1.05. The molecule has 16 heavy (non-hydrogen) atoms. The normalized spacial score (nSPS) is 10.8. The third-order valence-electron chi connectivity index (χ3n) is 2.07. The maximum Gasteiger partial charge on any atom is 0.181 e. The molecule has 2 rings (SSSR count). The van der Waals surface area contributed by atoms with Gasteiger partial charge in [0.15, 0.2) is 12.2 Å². The Kier molecular flexibility index (Phi) is 2.66. The van der Waals surface area contributed by atoms with Gasteiger partial charge in [0, 0.05) is 18.7 Å². The summed E-state index contributed by atoms with van der Waals surface area (Å²) in [6.07, 6.45) is 1.03. The molecule has 0 aliphatic heterocycles. The van der Waals surface area contributed by atoms with Gasteiger partial charge in [0.25, 0.3) is 0 Å². The Balaban J connectivity index is 2.64. The highest BCUT2D eigenvalue weighted by atomic mass is 19.1. The maximum atomic E-state index is 13.4. The van der Waals surface area contributed by atoms with Crippen LogP contribution in [0.25, 0.3) is 11.3 Å². The zero-order valence-corrected chi connectivity index (χ0v) is 8.01. The van der Waals surface area contributed by atoms with E-state index >= 15 is 0 Å². The van der Waals surface area contributed by atoms with Crippen molar-refractivity contribution in [2.45, 2.75) is 6.54 Å². The van der Waals surface area contributed by atoms with Crippen molar-refractivity contribution in [2.24, 2.45) is 5.73 Å². The van der Waals surface area contributed by atoms with Gasteiger partial charge < -0.3 is 10.2 Å². The van der Waals surface area contributed by atoms with Crippen molar-refractivity contribution in [3.05, 3.63) is 41.7 Å². The summed E-state index contributed by atoms with van der Waals surface area (Å²) in [5.41, 5.74) is 5.07. The van der Waals surface area contributed by atoms with Crippen LogP contribution in [0, 0.1) is 17.5 Å². The van der Waals surface area contributed by atoms with Crippen LogP contribution in [0.5, 0.6) is 0 Å². The van der Waals surface area contributed by atoms with Crippen LogP contribution < -0.4 is 5.73 Å². The molecule has 1 heterocycles. The second kappa shape index (κ2) is 3.97. The zero-order valence-electron chi connectivity index (χ0n) is 8.01. The summed E-state index contributed by atoms with van der Waals surface area (Å²) in [6, 6.07) is 1.14. The Morgan fingerprint density at radius 2 is 1.81 bits per heavy atom. The molecule has 2 N–H and O–H groups in total. The summed E-state index contributed by atoms with van der Waals surface area (Å²) in [5.74, 6) is -3.21. The van der Waals surface area contributed by atoms with E-state index in [-0.39, 0.29) is 18.0 Å². The van der Waals surface area contributed by atoms with Crippen molar-refractivity contribution in [1.82, 2.24) is 4.98 Å². The molecule has 0 atom stereocenters. The average molecular weight is 228 g/mol. The molecule has 3 nitrogen and oxygen atoms in total. The number of benzene rings is 1. The first kappa shape index (κ1) is 10.7. The molecule has 0 aliphatic rings. The van der Waals surface area contributed by atoms with Crippen molar-refractivity contribution >= 4 is 0 Å². The second-order valence-electron chi connectivity index (χ2n) is 3.08. The number of oxazole rings is 1. The van der Waals surface area contributed by atoms with E-state index in [2.05, 4.69) is 4.98 Å². The molecule has 0 radical (unpaired) electrons. The molecule has 1 aromatic heterocycles. The summed E-state index contributed by atoms with van der Waals surface area (Å²) in [6.45, 7) is -0.0257. The zero-order chi connectivity index (χ0) is 11.7. The summed E-state index contributed by atoms with van der Waals surface area (Å²) in [4.78, 5) is 3.70. The molecule has 84 valence electrons. The lowest BCUT2D eigenvalue weighted by molar-refractivity contribution is 0.525. The maximum absolute atomic E-state index is 13.4. The summed E-state index contributed by atoms with van der Waals surface area (Å²) < 4.78 is 44.3. The number of halogens is 3. The highest BCUT2D eigenvalue weighted by Gasteiger charge is 2.19.